The Bertz CT molecular complexity index is 915. The lowest BCUT2D eigenvalue weighted by atomic mass is 10.0. The van der Waals surface area contributed by atoms with Gasteiger partial charge < -0.3 is 0 Å². The topological polar surface area (TPSA) is 0 Å². The molecule has 0 radical (unpaired) electrons. The molecule has 4 rings (SSSR count). The number of hydrogen-bond donors (Lipinski definition) is 0. The first kappa shape index (κ1) is 11.7. The van der Waals surface area contributed by atoms with Crippen molar-refractivity contribution in [1.82, 2.24) is 0 Å². The van der Waals surface area contributed by atoms with Crippen molar-refractivity contribution in [2.75, 3.05) is 0 Å². The van der Waals surface area contributed by atoms with Crippen molar-refractivity contribution < 1.29 is 0 Å². The van der Waals surface area contributed by atoms with Crippen LogP contribution in [-0.2, 0) is 0 Å². The van der Waals surface area contributed by atoms with Gasteiger partial charge in [0.25, 0.3) is 0 Å². The third-order valence-corrected chi connectivity index (χ3v) is 4.78. The van der Waals surface area contributed by atoms with Crippen LogP contribution in [0.4, 0.5) is 0 Å². The van der Waals surface area contributed by atoms with Gasteiger partial charge in [-0.1, -0.05) is 36.4 Å². The number of rotatable bonds is 1. The Morgan fingerprint density at radius 3 is 2.05 bits per heavy atom. The summed E-state index contributed by atoms with van der Waals surface area (Å²) in [7, 11) is 0. The van der Waals surface area contributed by atoms with E-state index in [0.29, 0.717) is 0 Å². The lowest BCUT2D eigenvalue weighted by Crippen LogP contribution is -1.78. The summed E-state index contributed by atoms with van der Waals surface area (Å²) in [4.78, 5) is 2.70. The highest BCUT2D eigenvalue weighted by Gasteiger charge is 2.03. The minimum Gasteiger partial charge on any atom is -0.141 e. The largest absolute Gasteiger partial charge is 0.141 e. The van der Waals surface area contributed by atoms with Gasteiger partial charge in [0.1, 0.15) is 0 Å². The maximum atomic E-state index is 2.30. The van der Waals surface area contributed by atoms with E-state index < -0.39 is 0 Å². The summed E-state index contributed by atoms with van der Waals surface area (Å²) in [5.74, 6) is 0. The van der Waals surface area contributed by atoms with Gasteiger partial charge in [-0.2, -0.15) is 0 Å². The van der Waals surface area contributed by atoms with E-state index in [9.17, 15) is 0 Å². The van der Waals surface area contributed by atoms with Crippen LogP contribution in [0.25, 0.3) is 32.0 Å². The quantitative estimate of drug-likeness (QED) is 0.372. The summed E-state index contributed by atoms with van der Waals surface area (Å²) < 4.78 is 0. The Morgan fingerprint density at radius 1 is 0.650 bits per heavy atom. The van der Waals surface area contributed by atoms with Crippen LogP contribution in [0.1, 0.15) is 4.88 Å². The van der Waals surface area contributed by atoms with Crippen LogP contribution in [0, 0.1) is 6.92 Å². The highest BCUT2D eigenvalue weighted by Crippen LogP contribution is 2.31. The van der Waals surface area contributed by atoms with E-state index in [1.54, 1.807) is 0 Å². The molecule has 20 heavy (non-hydrogen) atoms. The molecular formula is C19H14S. The fraction of sp³-hybridized carbons (Fsp3) is 0.0526. The average molecular weight is 274 g/mol. The number of hydrogen-bond acceptors (Lipinski definition) is 1. The van der Waals surface area contributed by atoms with Crippen LogP contribution in [-0.4, -0.2) is 0 Å². The molecule has 0 unspecified atom stereocenters. The zero-order chi connectivity index (χ0) is 13.5. The van der Waals surface area contributed by atoms with Gasteiger partial charge in [-0.05, 0) is 64.4 Å². The van der Waals surface area contributed by atoms with E-state index in [1.165, 1.54) is 36.9 Å². The smallest absolute Gasteiger partial charge is 0.0345 e. The van der Waals surface area contributed by atoms with Gasteiger partial charge in [-0.3, -0.25) is 0 Å². The third kappa shape index (κ3) is 1.91. The first-order valence-electron chi connectivity index (χ1n) is 6.79. The Balaban J connectivity index is 1.96. The Labute approximate surface area is 122 Å². The van der Waals surface area contributed by atoms with Crippen molar-refractivity contribution in [3.63, 3.8) is 0 Å². The fourth-order valence-electron chi connectivity index (χ4n) is 2.68. The molecule has 0 fully saturated rings. The summed E-state index contributed by atoms with van der Waals surface area (Å²) >= 11 is 1.85. The normalized spacial score (nSPS) is 11.2. The van der Waals surface area contributed by atoms with Crippen LogP contribution in [0.2, 0.25) is 0 Å². The van der Waals surface area contributed by atoms with Crippen LogP contribution in [0.15, 0.2) is 66.7 Å². The standard InChI is InChI=1S/C19H14S/c1-13-6-9-19(20-13)17-8-7-16-10-14-4-2-3-5-15(14)11-18(16)12-17/h2-12H,1H3. The Morgan fingerprint density at radius 2 is 1.35 bits per heavy atom. The highest BCUT2D eigenvalue weighted by atomic mass is 32.1. The third-order valence-electron chi connectivity index (χ3n) is 3.73. The van der Waals surface area contributed by atoms with Gasteiger partial charge in [0, 0.05) is 9.75 Å². The molecule has 0 bridgehead atoms. The molecule has 96 valence electrons. The molecule has 1 heteroatoms. The van der Waals surface area contributed by atoms with Crippen molar-refractivity contribution >= 4 is 32.9 Å². The maximum absolute atomic E-state index is 2.30. The second kappa shape index (κ2) is 4.46. The van der Waals surface area contributed by atoms with Crippen LogP contribution in [0.3, 0.4) is 0 Å². The predicted molar refractivity (Wildman–Crippen MR) is 89.5 cm³/mol. The average Bonchev–Trinajstić information content (AvgIpc) is 2.91. The number of fused-ring (bicyclic) bond motifs is 2. The second-order valence-corrected chi connectivity index (χ2v) is 6.46. The maximum Gasteiger partial charge on any atom is 0.0345 e. The lowest BCUT2D eigenvalue weighted by Gasteiger charge is -2.04. The summed E-state index contributed by atoms with van der Waals surface area (Å²) in [5.41, 5.74) is 1.31. The van der Waals surface area contributed by atoms with Gasteiger partial charge in [0.15, 0.2) is 0 Å². The zero-order valence-corrected chi connectivity index (χ0v) is 12.1. The number of aryl methyl sites for hydroxylation is 1. The van der Waals surface area contributed by atoms with Crippen LogP contribution < -0.4 is 0 Å². The van der Waals surface area contributed by atoms with Gasteiger partial charge in [-0.15, -0.1) is 11.3 Å². The molecule has 0 N–H and O–H groups in total. The first-order chi connectivity index (χ1) is 9.79. The van der Waals surface area contributed by atoms with Crippen molar-refractivity contribution in [3.05, 3.63) is 71.6 Å². The lowest BCUT2D eigenvalue weighted by molar-refractivity contribution is 1.64. The monoisotopic (exact) mass is 274 g/mol. The van der Waals surface area contributed by atoms with Crippen LogP contribution in [0.5, 0.6) is 0 Å². The summed E-state index contributed by atoms with van der Waals surface area (Å²) in [6.07, 6.45) is 0. The van der Waals surface area contributed by atoms with E-state index in [-0.39, 0.29) is 0 Å². The molecule has 0 aliphatic carbocycles. The van der Waals surface area contributed by atoms with Crippen molar-refractivity contribution in [2.45, 2.75) is 6.92 Å². The second-order valence-electron chi connectivity index (χ2n) is 5.17. The Hall–Kier alpha value is -2.12. The van der Waals surface area contributed by atoms with E-state index in [0.717, 1.165) is 0 Å². The number of benzene rings is 3. The SMILES string of the molecule is Cc1ccc(-c2ccc3cc4ccccc4cc3c2)s1. The number of thiophene rings is 1. The molecule has 3 aromatic carbocycles. The molecule has 1 aromatic heterocycles. The molecule has 0 nitrogen and oxygen atoms in total. The molecular weight excluding hydrogens is 260 g/mol. The first-order valence-corrected chi connectivity index (χ1v) is 7.61. The van der Waals surface area contributed by atoms with Crippen molar-refractivity contribution in [1.29, 1.82) is 0 Å². The molecule has 0 saturated carbocycles. The molecule has 0 aliphatic heterocycles. The minimum absolute atomic E-state index is 1.31. The van der Waals surface area contributed by atoms with Crippen LogP contribution >= 0.6 is 11.3 Å². The minimum atomic E-state index is 1.31. The predicted octanol–water partition coefficient (Wildman–Crippen LogP) is 6.03. The molecule has 0 spiro atoms. The van der Waals surface area contributed by atoms with Gasteiger partial charge in [0.2, 0.25) is 0 Å². The van der Waals surface area contributed by atoms with E-state index >= 15 is 0 Å². The Kier molecular flexibility index (Phi) is 2.61. The summed E-state index contributed by atoms with van der Waals surface area (Å²) in [6.45, 7) is 2.16. The van der Waals surface area contributed by atoms with E-state index in [4.69, 9.17) is 0 Å². The van der Waals surface area contributed by atoms with Crippen molar-refractivity contribution in [2.24, 2.45) is 0 Å². The summed E-state index contributed by atoms with van der Waals surface area (Å²) in [6, 6.07) is 24.2. The molecule has 0 saturated heterocycles. The van der Waals surface area contributed by atoms with Gasteiger partial charge in [0.05, 0.1) is 0 Å². The molecule has 4 aromatic rings. The van der Waals surface area contributed by atoms with Crippen molar-refractivity contribution in [3.8, 4) is 10.4 Å². The summed E-state index contributed by atoms with van der Waals surface area (Å²) in [5, 5.41) is 5.23. The molecule has 1 heterocycles. The molecule has 0 amide bonds. The van der Waals surface area contributed by atoms with E-state index in [2.05, 4.69) is 73.7 Å². The zero-order valence-electron chi connectivity index (χ0n) is 11.3. The van der Waals surface area contributed by atoms with Gasteiger partial charge >= 0.3 is 0 Å². The fourth-order valence-corrected chi connectivity index (χ4v) is 3.55. The highest BCUT2D eigenvalue weighted by molar-refractivity contribution is 7.15. The van der Waals surface area contributed by atoms with Gasteiger partial charge in [-0.25, -0.2) is 0 Å². The van der Waals surface area contributed by atoms with E-state index in [1.807, 2.05) is 11.3 Å². The molecule has 0 atom stereocenters. The molecule has 0 aliphatic rings.